The van der Waals surface area contributed by atoms with Crippen molar-refractivity contribution < 1.29 is 0 Å². The molecule has 1 saturated carbocycles. The van der Waals surface area contributed by atoms with Gasteiger partial charge in [-0.2, -0.15) is 0 Å². The quantitative estimate of drug-likeness (QED) is 0.664. The Hall–Kier alpha value is -0.570. The van der Waals surface area contributed by atoms with Crippen LogP contribution in [0, 0.1) is 4.77 Å². The van der Waals surface area contributed by atoms with Crippen LogP contribution in [0.3, 0.4) is 0 Å². The van der Waals surface area contributed by atoms with E-state index in [2.05, 4.69) is 16.9 Å². The number of hydrogen-bond donors (Lipinski definition) is 2. The Morgan fingerprint density at radius 1 is 1.31 bits per heavy atom. The molecule has 2 nitrogen and oxygen atoms in total. The molecule has 0 unspecified atom stereocenters. The van der Waals surface area contributed by atoms with Gasteiger partial charge in [-0.05, 0) is 25.1 Å². The third-order valence-corrected chi connectivity index (χ3v) is 3.42. The van der Waals surface area contributed by atoms with Crippen LogP contribution in [0.4, 0.5) is 0 Å². The Kier molecular flexibility index (Phi) is 2.28. The molecule has 3 heteroatoms. The van der Waals surface area contributed by atoms with Gasteiger partial charge in [-0.3, -0.25) is 0 Å². The van der Waals surface area contributed by atoms with Crippen LogP contribution in [-0.2, 0) is 5.41 Å². The molecule has 2 rings (SSSR count). The van der Waals surface area contributed by atoms with Crippen molar-refractivity contribution in [2.24, 2.45) is 0 Å². The van der Waals surface area contributed by atoms with Crippen LogP contribution >= 0.6 is 12.2 Å². The van der Waals surface area contributed by atoms with E-state index in [1.165, 1.54) is 37.8 Å². The maximum atomic E-state index is 5.04. The number of rotatable bonds is 1. The maximum absolute atomic E-state index is 5.04. The second-order valence-corrected chi connectivity index (χ2v) is 4.69. The molecule has 13 heavy (non-hydrogen) atoms. The van der Waals surface area contributed by atoms with Crippen molar-refractivity contribution in [1.82, 2.24) is 9.97 Å². The fourth-order valence-corrected chi connectivity index (χ4v) is 2.43. The molecular formula is C10H16N2S. The predicted molar refractivity (Wildman–Crippen MR) is 56.4 cm³/mol. The van der Waals surface area contributed by atoms with E-state index in [4.69, 9.17) is 12.2 Å². The zero-order valence-electron chi connectivity index (χ0n) is 8.02. The summed E-state index contributed by atoms with van der Waals surface area (Å²) in [5.74, 6) is 0. The molecule has 1 aromatic heterocycles. The van der Waals surface area contributed by atoms with E-state index < -0.39 is 0 Å². The molecule has 1 aliphatic carbocycles. The van der Waals surface area contributed by atoms with Crippen LogP contribution in [0.2, 0.25) is 0 Å². The van der Waals surface area contributed by atoms with Gasteiger partial charge in [0.15, 0.2) is 4.77 Å². The molecule has 1 fully saturated rings. The average molecular weight is 196 g/mol. The highest BCUT2D eigenvalue weighted by Gasteiger charge is 2.29. The van der Waals surface area contributed by atoms with Crippen molar-refractivity contribution in [2.75, 3.05) is 0 Å². The van der Waals surface area contributed by atoms with Gasteiger partial charge < -0.3 is 9.97 Å². The third-order valence-electron chi connectivity index (χ3n) is 3.20. The first-order chi connectivity index (χ1) is 6.21. The number of nitrogens with one attached hydrogen (secondary N) is 2. The van der Waals surface area contributed by atoms with Crippen LogP contribution < -0.4 is 0 Å². The zero-order chi connectivity index (χ0) is 9.31. The molecule has 0 aliphatic heterocycles. The Morgan fingerprint density at radius 3 is 2.54 bits per heavy atom. The van der Waals surface area contributed by atoms with Gasteiger partial charge in [0.2, 0.25) is 0 Å². The van der Waals surface area contributed by atoms with E-state index in [-0.39, 0.29) is 0 Å². The van der Waals surface area contributed by atoms with Crippen molar-refractivity contribution in [3.05, 3.63) is 16.7 Å². The molecule has 2 N–H and O–H groups in total. The Labute approximate surface area is 83.8 Å². The first kappa shape index (κ1) is 9.00. The summed E-state index contributed by atoms with van der Waals surface area (Å²) in [4.78, 5) is 6.30. The number of hydrogen-bond acceptors (Lipinski definition) is 1. The summed E-state index contributed by atoms with van der Waals surface area (Å²) in [6, 6.07) is 0. The first-order valence-corrected chi connectivity index (χ1v) is 5.40. The number of imidazole rings is 1. The Morgan fingerprint density at radius 2 is 2.00 bits per heavy atom. The average Bonchev–Trinajstić information content (AvgIpc) is 2.54. The van der Waals surface area contributed by atoms with Crippen molar-refractivity contribution in [1.29, 1.82) is 0 Å². The molecule has 0 spiro atoms. The van der Waals surface area contributed by atoms with Crippen LogP contribution in [0.15, 0.2) is 6.20 Å². The second-order valence-electron chi connectivity index (χ2n) is 4.28. The summed E-state index contributed by atoms with van der Waals surface area (Å²) in [7, 11) is 0. The maximum Gasteiger partial charge on any atom is 0.174 e. The fourth-order valence-electron chi connectivity index (χ4n) is 2.26. The number of H-pyrrole nitrogens is 2. The Balaban J connectivity index is 2.27. The summed E-state index contributed by atoms with van der Waals surface area (Å²) < 4.78 is 0.752. The summed E-state index contributed by atoms with van der Waals surface area (Å²) in [5, 5.41) is 0. The molecule has 72 valence electrons. The van der Waals surface area contributed by atoms with Crippen molar-refractivity contribution in [3.63, 3.8) is 0 Å². The van der Waals surface area contributed by atoms with Crippen LogP contribution in [-0.4, -0.2) is 9.97 Å². The van der Waals surface area contributed by atoms with Crippen LogP contribution in [0.25, 0.3) is 0 Å². The van der Waals surface area contributed by atoms with Crippen molar-refractivity contribution in [2.45, 2.75) is 44.4 Å². The smallest absolute Gasteiger partial charge is 0.174 e. The lowest BCUT2D eigenvalue weighted by atomic mass is 9.74. The van der Waals surface area contributed by atoms with Gasteiger partial charge >= 0.3 is 0 Å². The molecule has 0 aromatic carbocycles. The van der Waals surface area contributed by atoms with Gasteiger partial charge in [-0.25, -0.2) is 0 Å². The second kappa shape index (κ2) is 3.29. The number of aromatic nitrogens is 2. The highest BCUT2D eigenvalue weighted by Crippen LogP contribution is 2.37. The molecule has 0 amide bonds. The SMILES string of the molecule is CC1(c2c[nH]c(=S)[nH]2)CCCCC1. The lowest BCUT2D eigenvalue weighted by Crippen LogP contribution is -2.25. The minimum Gasteiger partial charge on any atom is -0.337 e. The minimum atomic E-state index is 0.339. The van der Waals surface area contributed by atoms with Gasteiger partial charge in [-0.15, -0.1) is 0 Å². The van der Waals surface area contributed by atoms with Gasteiger partial charge in [0.1, 0.15) is 0 Å². The third kappa shape index (κ3) is 1.70. The minimum absolute atomic E-state index is 0.339. The van der Waals surface area contributed by atoms with Crippen LogP contribution in [0.1, 0.15) is 44.7 Å². The molecule has 1 aromatic rings. The summed E-state index contributed by atoms with van der Waals surface area (Å²) in [5.41, 5.74) is 1.63. The normalized spacial score (nSPS) is 21.6. The van der Waals surface area contributed by atoms with Crippen molar-refractivity contribution in [3.8, 4) is 0 Å². The standard InChI is InChI=1S/C10H16N2S/c1-10(5-3-2-4-6-10)8-7-11-9(13)12-8/h7H,2-6H2,1H3,(H2,11,12,13). The molecule has 0 atom stereocenters. The Bertz CT molecular complexity index is 331. The topological polar surface area (TPSA) is 31.6 Å². The highest BCUT2D eigenvalue weighted by atomic mass is 32.1. The summed E-state index contributed by atoms with van der Waals surface area (Å²) in [6.07, 6.45) is 8.70. The fraction of sp³-hybridized carbons (Fsp3) is 0.700. The number of aromatic amines is 2. The van der Waals surface area contributed by atoms with E-state index in [9.17, 15) is 0 Å². The van der Waals surface area contributed by atoms with Gasteiger partial charge in [0, 0.05) is 17.3 Å². The lowest BCUT2D eigenvalue weighted by Gasteiger charge is -2.32. The van der Waals surface area contributed by atoms with E-state index >= 15 is 0 Å². The van der Waals surface area contributed by atoms with Crippen molar-refractivity contribution >= 4 is 12.2 Å². The molecule has 1 heterocycles. The van der Waals surface area contributed by atoms with Crippen LogP contribution in [0.5, 0.6) is 0 Å². The first-order valence-electron chi connectivity index (χ1n) is 4.99. The van der Waals surface area contributed by atoms with Gasteiger partial charge in [-0.1, -0.05) is 26.2 Å². The van der Waals surface area contributed by atoms with E-state index in [0.717, 1.165) is 4.77 Å². The lowest BCUT2D eigenvalue weighted by molar-refractivity contribution is 0.313. The van der Waals surface area contributed by atoms with E-state index in [1.54, 1.807) is 0 Å². The van der Waals surface area contributed by atoms with Gasteiger partial charge in [0.05, 0.1) is 0 Å². The largest absolute Gasteiger partial charge is 0.337 e. The highest BCUT2D eigenvalue weighted by molar-refractivity contribution is 7.71. The molecular weight excluding hydrogens is 180 g/mol. The molecule has 0 saturated heterocycles. The molecule has 1 aliphatic rings. The molecule has 0 bridgehead atoms. The summed E-state index contributed by atoms with van der Waals surface area (Å²) >= 11 is 5.04. The van der Waals surface area contributed by atoms with Gasteiger partial charge in [0.25, 0.3) is 0 Å². The van der Waals surface area contributed by atoms with E-state index in [1.807, 2.05) is 6.20 Å². The zero-order valence-corrected chi connectivity index (χ0v) is 8.84. The summed E-state index contributed by atoms with van der Waals surface area (Å²) in [6.45, 7) is 2.33. The predicted octanol–water partition coefficient (Wildman–Crippen LogP) is 3.29. The van der Waals surface area contributed by atoms with E-state index in [0.29, 0.717) is 5.41 Å². The molecule has 0 radical (unpaired) electrons. The monoisotopic (exact) mass is 196 g/mol.